The van der Waals surface area contributed by atoms with Gasteiger partial charge in [0.2, 0.25) is 0 Å². The lowest BCUT2D eigenvalue weighted by Gasteiger charge is -2.24. The summed E-state index contributed by atoms with van der Waals surface area (Å²) in [5.74, 6) is 1.10. The average Bonchev–Trinajstić information content (AvgIpc) is 2.45. The molecule has 0 saturated heterocycles. The van der Waals surface area contributed by atoms with E-state index in [1.807, 2.05) is 27.7 Å². The van der Waals surface area contributed by atoms with E-state index >= 15 is 0 Å². The van der Waals surface area contributed by atoms with Gasteiger partial charge in [-0.2, -0.15) is 0 Å². The molecule has 0 spiro atoms. The number of aliphatic hydroxyl groups is 1. The van der Waals surface area contributed by atoms with Crippen molar-refractivity contribution in [2.24, 2.45) is 4.99 Å². The van der Waals surface area contributed by atoms with Gasteiger partial charge >= 0.3 is 0 Å². The van der Waals surface area contributed by atoms with E-state index in [1.54, 1.807) is 18.2 Å². The van der Waals surface area contributed by atoms with Crippen LogP contribution in [0, 0.1) is 0 Å². The fourth-order valence-electron chi connectivity index (χ4n) is 1.69. The number of halogens is 3. The van der Waals surface area contributed by atoms with E-state index in [1.165, 1.54) is 0 Å². The molecule has 0 fully saturated rings. The van der Waals surface area contributed by atoms with E-state index in [-0.39, 0.29) is 42.7 Å². The summed E-state index contributed by atoms with van der Waals surface area (Å²) in [6, 6.07) is 5.12. The molecule has 3 N–H and O–H groups in total. The first-order chi connectivity index (χ1) is 10.7. The Labute approximate surface area is 171 Å². The highest BCUT2D eigenvalue weighted by molar-refractivity contribution is 14.0. The predicted molar refractivity (Wildman–Crippen MR) is 112 cm³/mol. The molecule has 5 nitrogen and oxygen atoms in total. The summed E-state index contributed by atoms with van der Waals surface area (Å²) < 4.78 is 5.50. The van der Waals surface area contributed by atoms with Crippen molar-refractivity contribution in [2.45, 2.75) is 39.3 Å². The van der Waals surface area contributed by atoms with E-state index < -0.39 is 6.10 Å². The van der Waals surface area contributed by atoms with Crippen LogP contribution in [0.1, 0.15) is 27.7 Å². The Balaban J connectivity index is 0.00000529. The molecule has 0 aliphatic rings. The molecule has 1 atom stereocenters. The number of hydrogen-bond acceptors (Lipinski definition) is 3. The predicted octanol–water partition coefficient (Wildman–Crippen LogP) is 3.70. The molecular formula is C16H26Cl2IN3O2. The molecule has 8 heteroatoms. The first kappa shape index (κ1) is 23.6. The standard InChI is InChI=1S/C16H25Cl2N3O2.HI/c1-5-19-15(21-16(2,3)4)20-9-11(22)10-23-13-8-6-7-12(17)14(13)18;/h6-8,11,22H,5,9-10H2,1-4H3,(H2,19,20,21);1H. The Morgan fingerprint density at radius 2 is 2.00 bits per heavy atom. The number of nitrogens with one attached hydrogen (secondary N) is 2. The zero-order chi connectivity index (χ0) is 17.5. The second-order valence-electron chi connectivity index (χ2n) is 6.11. The van der Waals surface area contributed by atoms with Gasteiger partial charge in [0.25, 0.3) is 0 Å². The fraction of sp³-hybridized carbons (Fsp3) is 0.562. The Hall–Kier alpha value is -0.440. The van der Waals surface area contributed by atoms with Crippen LogP contribution in [0.2, 0.25) is 10.0 Å². The maximum atomic E-state index is 10.0. The number of guanidine groups is 1. The van der Waals surface area contributed by atoms with Gasteiger partial charge in [-0.25, -0.2) is 0 Å². The van der Waals surface area contributed by atoms with Crippen LogP contribution in [0.5, 0.6) is 5.75 Å². The van der Waals surface area contributed by atoms with Crippen molar-refractivity contribution in [3.05, 3.63) is 28.2 Å². The summed E-state index contributed by atoms with van der Waals surface area (Å²) in [5, 5.41) is 17.2. The SMILES string of the molecule is CCNC(=NCC(O)COc1cccc(Cl)c1Cl)NC(C)(C)C.I. The maximum Gasteiger partial charge on any atom is 0.191 e. The van der Waals surface area contributed by atoms with Gasteiger partial charge in [-0.05, 0) is 39.8 Å². The lowest BCUT2D eigenvalue weighted by atomic mass is 10.1. The quantitative estimate of drug-likeness (QED) is 0.324. The minimum absolute atomic E-state index is 0. The molecule has 0 aromatic heterocycles. The van der Waals surface area contributed by atoms with Crippen molar-refractivity contribution in [1.29, 1.82) is 0 Å². The van der Waals surface area contributed by atoms with E-state index in [9.17, 15) is 5.11 Å². The Morgan fingerprint density at radius 3 is 2.58 bits per heavy atom. The molecule has 1 rings (SSSR count). The third-order valence-electron chi connectivity index (χ3n) is 2.65. The van der Waals surface area contributed by atoms with E-state index in [4.69, 9.17) is 27.9 Å². The fourth-order valence-corrected chi connectivity index (χ4v) is 2.04. The van der Waals surface area contributed by atoms with Crippen LogP contribution in [-0.4, -0.2) is 42.4 Å². The molecule has 1 aromatic rings. The van der Waals surface area contributed by atoms with Gasteiger partial charge in [0.15, 0.2) is 5.96 Å². The molecule has 0 radical (unpaired) electrons. The zero-order valence-electron chi connectivity index (χ0n) is 14.4. The van der Waals surface area contributed by atoms with E-state index in [0.29, 0.717) is 21.8 Å². The molecule has 1 unspecified atom stereocenters. The smallest absolute Gasteiger partial charge is 0.191 e. The molecule has 1 aromatic carbocycles. The van der Waals surface area contributed by atoms with Gasteiger partial charge in [0.05, 0.1) is 11.6 Å². The number of hydrogen-bond donors (Lipinski definition) is 3. The summed E-state index contributed by atoms with van der Waals surface area (Å²) in [6.45, 7) is 9.15. The van der Waals surface area contributed by atoms with Gasteiger partial charge < -0.3 is 20.5 Å². The molecule has 0 bridgehead atoms. The van der Waals surface area contributed by atoms with Gasteiger partial charge in [-0.3, -0.25) is 4.99 Å². The van der Waals surface area contributed by atoms with Crippen LogP contribution in [0.4, 0.5) is 0 Å². The average molecular weight is 490 g/mol. The van der Waals surface area contributed by atoms with Crippen molar-refractivity contribution < 1.29 is 9.84 Å². The van der Waals surface area contributed by atoms with Crippen molar-refractivity contribution in [2.75, 3.05) is 19.7 Å². The van der Waals surface area contributed by atoms with E-state index in [2.05, 4.69) is 15.6 Å². The topological polar surface area (TPSA) is 65.9 Å². The second kappa shape index (κ2) is 11.2. The molecule has 0 heterocycles. The number of rotatable bonds is 6. The largest absolute Gasteiger partial charge is 0.489 e. The molecule has 0 saturated carbocycles. The van der Waals surface area contributed by atoms with Gasteiger partial charge in [-0.1, -0.05) is 29.3 Å². The summed E-state index contributed by atoms with van der Waals surface area (Å²) in [5.41, 5.74) is -0.114. The minimum atomic E-state index is -0.750. The molecule has 24 heavy (non-hydrogen) atoms. The van der Waals surface area contributed by atoms with Gasteiger partial charge in [0.1, 0.15) is 23.5 Å². The van der Waals surface area contributed by atoms with Crippen LogP contribution < -0.4 is 15.4 Å². The monoisotopic (exact) mass is 489 g/mol. The van der Waals surface area contributed by atoms with E-state index in [0.717, 1.165) is 6.54 Å². The summed E-state index contributed by atoms with van der Waals surface area (Å²) in [6.07, 6.45) is -0.750. The molecule has 138 valence electrons. The zero-order valence-corrected chi connectivity index (χ0v) is 18.2. The number of aliphatic imine (C=N–C) groups is 1. The Morgan fingerprint density at radius 1 is 1.33 bits per heavy atom. The number of benzene rings is 1. The van der Waals surface area contributed by atoms with Crippen molar-refractivity contribution in [1.82, 2.24) is 10.6 Å². The van der Waals surface area contributed by atoms with Crippen LogP contribution >= 0.6 is 47.2 Å². The first-order valence-electron chi connectivity index (χ1n) is 7.54. The maximum absolute atomic E-state index is 10.0. The summed E-state index contributed by atoms with van der Waals surface area (Å²) in [4.78, 5) is 4.36. The lowest BCUT2D eigenvalue weighted by molar-refractivity contribution is 0.114. The minimum Gasteiger partial charge on any atom is -0.489 e. The highest BCUT2D eigenvalue weighted by Crippen LogP contribution is 2.31. The number of nitrogens with zero attached hydrogens (tertiary/aromatic N) is 1. The third-order valence-corrected chi connectivity index (χ3v) is 3.45. The molecular weight excluding hydrogens is 464 g/mol. The summed E-state index contributed by atoms with van der Waals surface area (Å²) in [7, 11) is 0. The number of aliphatic hydroxyl groups excluding tert-OH is 1. The van der Waals surface area contributed by atoms with Crippen molar-refractivity contribution >= 4 is 53.1 Å². The van der Waals surface area contributed by atoms with Crippen LogP contribution in [0.25, 0.3) is 0 Å². The second-order valence-corrected chi connectivity index (χ2v) is 6.90. The third kappa shape index (κ3) is 9.15. The first-order valence-corrected chi connectivity index (χ1v) is 8.30. The van der Waals surface area contributed by atoms with Crippen LogP contribution in [0.3, 0.4) is 0 Å². The Kier molecular flexibility index (Phi) is 11.0. The highest BCUT2D eigenvalue weighted by Gasteiger charge is 2.13. The molecule has 0 aliphatic carbocycles. The van der Waals surface area contributed by atoms with Crippen molar-refractivity contribution in [3.63, 3.8) is 0 Å². The Bertz CT molecular complexity index is 537. The van der Waals surface area contributed by atoms with Gasteiger partial charge in [-0.15, -0.1) is 24.0 Å². The highest BCUT2D eigenvalue weighted by atomic mass is 127. The van der Waals surface area contributed by atoms with Crippen LogP contribution in [0.15, 0.2) is 23.2 Å². The number of ether oxygens (including phenoxy) is 1. The lowest BCUT2D eigenvalue weighted by Crippen LogP contribution is -2.48. The summed E-state index contributed by atoms with van der Waals surface area (Å²) >= 11 is 11.9. The van der Waals surface area contributed by atoms with Gasteiger partial charge in [0, 0.05) is 12.1 Å². The molecule has 0 amide bonds. The van der Waals surface area contributed by atoms with Crippen molar-refractivity contribution in [3.8, 4) is 5.75 Å². The van der Waals surface area contributed by atoms with Crippen LogP contribution in [-0.2, 0) is 0 Å². The normalized spacial score (nSPS) is 13.0. The molecule has 0 aliphatic heterocycles.